The molecule has 0 fully saturated rings. The number of ether oxygens (including phenoxy) is 1. The summed E-state index contributed by atoms with van der Waals surface area (Å²) >= 11 is 5.47. The van der Waals surface area contributed by atoms with E-state index in [1.807, 2.05) is 0 Å². The van der Waals surface area contributed by atoms with Crippen LogP contribution in [-0.4, -0.2) is 12.1 Å². The van der Waals surface area contributed by atoms with E-state index in [-0.39, 0.29) is 5.02 Å². The zero-order valence-corrected chi connectivity index (χ0v) is 7.28. The zero-order valence-electron chi connectivity index (χ0n) is 6.52. The first-order chi connectivity index (χ1) is 5.96. The second-order valence-corrected chi connectivity index (χ2v) is 2.58. The van der Waals surface area contributed by atoms with Crippen molar-refractivity contribution in [2.24, 2.45) is 0 Å². The van der Waals surface area contributed by atoms with Gasteiger partial charge in [-0.25, -0.2) is 4.98 Å². The van der Waals surface area contributed by atoms with Gasteiger partial charge in [0.2, 0.25) is 0 Å². The molecule has 0 aliphatic carbocycles. The van der Waals surface area contributed by atoms with Gasteiger partial charge in [-0.2, -0.15) is 13.2 Å². The van der Waals surface area contributed by atoms with E-state index in [9.17, 15) is 13.2 Å². The number of hydrogen-bond acceptors (Lipinski definition) is 2. The molecule has 72 valence electrons. The minimum Gasteiger partial charge on any atom is -0.493 e. The van der Waals surface area contributed by atoms with E-state index in [0.29, 0.717) is 0 Å². The Hall–Kier alpha value is -0.970. The molecule has 0 saturated heterocycles. The summed E-state index contributed by atoms with van der Waals surface area (Å²) in [5.74, 6) is -0.448. The standard InChI is InChI=1S/C7H5ClF3NO/c1-13-5-4(8)2-3-12-6(5)7(9,10)11/h2-3H,1H3. The SMILES string of the molecule is COc1c(Cl)ccnc1C(F)(F)F. The molecule has 1 aromatic rings. The largest absolute Gasteiger partial charge is 0.493 e. The number of rotatable bonds is 1. The van der Waals surface area contributed by atoms with Crippen molar-refractivity contribution >= 4 is 11.6 Å². The Labute approximate surface area is 77.3 Å². The third-order valence-electron chi connectivity index (χ3n) is 1.33. The van der Waals surface area contributed by atoms with Crippen molar-refractivity contribution in [1.82, 2.24) is 4.98 Å². The van der Waals surface area contributed by atoms with Gasteiger partial charge < -0.3 is 4.74 Å². The van der Waals surface area contributed by atoms with Gasteiger partial charge in [-0.1, -0.05) is 11.6 Å². The zero-order chi connectivity index (χ0) is 10.1. The topological polar surface area (TPSA) is 22.1 Å². The van der Waals surface area contributed by atoms with Crippen LogP contribution in [0.15, 0.2) is 12.3 Å². The van der Waals surface area contributed by atoms with Crippen LogP contribution in [0, 0.1) is 0 Å². The van der Waals surface area contributed by atoms with Crippen molar-refractivity contribution in [3.63, 3.8) is 0 Å². The highest BCUT2D eigenvalue weighted by molar-refractivity contribution is 6.32. The Morgan fingerprint density at radius 3 is 2.46 bits per heavy atom. The minimum atomic E-state index is -4.55. The predicted octanol–water partition coefficient (Wildman–Crippen LogP) is 2.76. The van der Waals surface area contributed by atoms with E-state index >= 15 is 0 Å². The number of methoxy groups -OCH3 is 1. The van der Waals surface area contributed by atoms with Crippen molar-refractivity contribution in [3.8, 4) is 5.75 Å². The molecule has 0 aliphatic rings. The van der Waals surface area contributed by atoms with E-state index < -0.39 is 17.6 Å². The Morgan fingerprint density at radius 2 is 2.08 bits per heavy atom. The number of hydrogen-bond donors (Lipinski definition) is 0. The van der Waals surface area contributed by atoms with Gasteiger partial charge in [0.05, 0.1) is 12.1 Å². The Morgan fingerprint density at radius 1 is 1.46 bits per heavy atom. The molecule has 1 aromatic heterocycles. The van der Waals surface area contributed by atoms with Crippen LogP contribution in [0.2, 0.25) is 5.02 Å². The number of aromatic nitrogens is 1. The van der Waals surface area contributed by atoms with Crippen molar-refractivity contribution in [1.29, 1.82) is 0 Å². The van der Waals surface area contributed by atoms with E-state index in [0.717, 1.165) is 13.3 Å². The Bertz CT molecular complexity index is 313. The third kappa shape index (κ3) is 2.03. The highest BCUT2D eigenvalue weighted by Crippen LogP contribution is 2.37. The summed E-state index contributed by atoms with van der Waals surface area (Å²) in [7, 11) is 1.11. The molecular formula is C7H5ClF3NO. The van der Waals surface area contributed by atoms with E-state index in [2.05, 4.69) is 9.72 Å². The summed E-state index contributed by atoms with van der Waals surface area (Å²) in [6, 6.07) is 1.23. The van der Waals surface area contributed by atoms with Crippen LogP contribution >= 0.6 is 11.6 Å². The lowest BCUT2D eigenvalue weighted by Crippen LogP contribution is -2.10. The van der Waals surface area contributed by atoms with Gasteiger partial charge in [0.1, 0.15) is 0 Å². The molecule has 2 nitrogen and oxygen atoms in total. The third-order valence-corrected chi connectivity index (χ3v) is 1.63. The lowest BCUT2D eigenvalue weighted by Gasteiger charge is -2.10. The van der Waals surface area contributed by atoms with Gasteiger partial charge >= 0.3 is 6.18 Å². The molecule has 0 radical (unpaired) electrons. The van der Waals surface area contributed by atoms with Crippen LogP contribution < -0.4 is 4.74 Å². The predicted molar refractivity (Wildman–Crippen MR) is 40.8 cm³/mol. The van der Waals surface area contributed by atoms with Crippen LogP contribution in [0.25, 0.3) is 0 Å². The maximum atomic E-state index is 12.2. The summed E-state index contributed by atoms with van der Waals surface area (Å²) in [6.45, 7) is 0. The monoisotopic (exact) mass is 211 g/mol. The van der Waals surface area contributed by atoms with E-state index in [1.165, 1.54) is 6.07 Å². The van der Waals surface area contributed by atoms with Gasteiger partial charge in [-0.3, -0.25) is 0 Å². The molecule has 0 spiro atoms. The van der Waals surface area contributed by atoms with Gasteiger partial charge in [0, 0.05) is 6.20 Å². The van der Waals surface area contributed by atoms with Crippen molar-refractivity contribution < 1.29 is 17.9 Å². The van der Waals surface area contributed by atoms with Gasteiger partial charge in [0.25, 0.3) is 0 Å². The maximum absolute atomic E-state index is 12.2. The van der Waals surface area contributed by atoms with Crippen molar-refractivity contribution in [2.45, 2.75) is 6.18 Å². The van der Waals surface area contributed by atoms with E-state index in [1.54, 1.807) is 0 Å². The number of nitrogens with zero attached hydrogens (tertiary/aromatic N) is 1. The average molecular weight is 212 g/mol. The lowest BCUT2D eigenvalue weighted by molar-refractivity contribution is -0.142. The summed E-state index contributed by atoms with van der Waals surface area (Å²) in [4.78, 5) is 3.15. The smallest absolute Gasteiger partial charge is 0.437 e. The molecule has 0 aliphatic heterocycles. The summed E-state index contributed by atoms with van der Waals surface area (Å²) in [5, 5.41) is -0.107. The van der Waals surface area contributed by atoms with E-state index in [4.69, 9.17) is 11.6 Å². The molecule has 6 heteroatoms. The number of halogens is 4. The molecule has 0 saturated carbocycles. The average Bonchev–Trinajstić information content (AvgIpc) is 2.02. The highest BCUT2D eigenvalue weighted by atomic mass is 35.5. The molecule has 13 heavy (non-hydrogen) atoms. The summed E-state index contributed by atoms with van der Waals surface area (Å²) in [5.41, 5.74) is -1.11. The summed E-state index contributed by atoms with van der Waals surface area (Å²) in [6.07, 6.45) is -3.57. The van der Waals surface area contributed by atoms with Crippen LogP contribution in [0.1, 0.15) is 5.69 Å². The van der Waals surface area contributed by atoms with Gasteiger partial charge in [-0.15, -0.1) is 0 Å². The Balaban J connectivity index is 3.29. The van der Waals surface area contributed by atoms with Crippen molar-refractivity contribution in [2.75, 3.05) is 7.11 Å². The molecule has 0 amide bonds. The van der Waals surface area contributed by atoms with Crippen LogP contribution in [-0.2, 0) is 6.18 Å². The molecule has 1 rings (SSSR count). The first-order valence-electron chi connectivity index (χ1n) is 3.22. The number of alkyl halides is 3. The normalized spacial score (nSPS) is 11.5. The molecule has 0 aromatic carbocycles. The fraction of sp³-hybridized carbons (Fsp3) is 0.286. The number of pyridine rings is 1. The first kappa shape index (κ1) is 10.1. The van der Waals surface area contributed by atoms with Crippen molar-refractivity contribution in [3.05, 3.63) is 23.0 Å². The van der Waals surface area contributed by atoms with Crippen LogP contribution in [0.5, 0.6) is 5.75 Å². The molecular weight excluding hydrogens is 207 g/mol. The second-order valence-electron chi connectivity index (χ2n) is 2.17. The van der Waals surface area contributed by atoms with Gasteiger partial charge in [0.15, 0.2) is 11.4 Å². The highest BCUT2D eigenvalue weighted by Gasteiger charge is 2.37. The molecule has 0 unspecified atom stereocenters. The molecule has 0 bridgehead atoms. The quantitative estimate of drug-likeness (QED) is 0.713. The lowest BCUT2D eigenvalue weighted by atomic mass is 10.3. The molecule has 0 atom stereocenters. The first-order valence-corrected chi connectivity index (χ1v) is 3.60. The van der Waals surface area contributed by atoms with Gasteiger partial charge in [-0.05, 0) is 6.07 Å². The molecule has 1 heterocycles. The summed E-state index contributed by atoms with van der Waals surface area (Å²) < 4.78 is 41.1. The minimum absolute atomic E-state index is 0.107. The van der Waals surface area contributed by atoms with Crippen LogP contribution in [0.4, 0.5) is 13.2 Å². The fourth-order valence-corrected chi connectivity index (χ4v) is 1.04. The molecule has 0 N–H and O–H groups in total. The second kappa shape index (κ2) is 3.41. The van der Waals surface area contributed by atoms with Crippen LogP contribution in [0.3, 0.4) is 0 Å². The fourth-order valence-electron chi connectivity index (χ4n) is 0.821. The maximum Gasteiger partial charge on any atom is 0.437 e. The Kier molecular flexibility index (Phi) is 2.66.